The minimum Gasteiger partial charge on any atom is -0.376 e. The molecule has 0 aromatic heterocycles. The van der Waals surface area contributed by atoms with Crippen LogP contribution in [0.5, 0.6) is 0 Å². The lowest BCUT2D eigenvalue weighted by atomic mass is 10.2. The van der Waals surface area contributed by atoms with Gasteiger partial charge < -0.3 is 15.5 Å². The highest BCUT2D eigenvalue weighted by Gasteiger charge is 2.22. The summed E-state index contributed by atoms with van der Waals surface area (Å²) in [5.74, 6) is -0.792. The molecule has 0 bridgehead atoms. The zero-order valence-electron chi connectivity index (χ0n) is 16.5. The van der Waals surface area contributed by atoms with Gasteiger partial charge >= 0.3 is 0 Å². The maximum atomic E-state index is 12.5. The minimum absolute atomic E-state index is 0.0235. The molecular formula is C19H23ClN4O4S. The van der Waals surface area contributed by atoms with Crippen LogP contribution < -0.4 is 20.3 Å². The normalized spacial score (nSPS) is 12.2. The molecule has 156 valence electrons. The Balaban J connectivity index is 2.06. The van der Waals surface area contributed by atoms with Crippen molar-refractivity contribution in [3.05, 3.63) is 47.5 Å². The Hall–Kier alpha value is -2.62. The Kier molecular flexibility index (Phi) is 7.23. The third kappa shape index (κ3) is 6.18. The number of benzene rings is 2. The zero-order valence-corrected chi connectivity index (χ0v) is 18.1. The molecule has 0 aliphatic carbocycles. The fraction of sp³-hybridized carbons (Fsp3) is 0.263. The summed E-state index contributed by atoms with van der Waals surface area (Å²) in [7, 11) is -0.232. The summed E-state index contributed by atoms with van der Waals surface area (Å²) < 4.78 is 27.3. The number of anilines is 3. The van der Waals surface area contributed by atoms with E-state index in [-0.39, 0.29) is 10.8 Å². The summed E-state index contributed by atoms with van der Waals surface area (Å²) >= 11 is 6.19. The number of hydrogen-bond donors (Lipinski definition) is 3. The van der Waals surface area contributed by atoms with E-state index in [1.807, 2.05) is 19.0 Å². The lowest BCUT2D eigenvalue weighted by Crippen LogP contribution is -2.41. The number of sulfonamides is 1. The van der Waals surface area contributed by atoms with Crippen LogP contribution >= 0.6 is 11.6 Å². The van der Waals surface area contributed by atoms with E-state index in [4.69, 9.17) is 11.6 Å². The van der Waals surface area contributed by atoms with Crippen molar-refractivity contribution in [1.82, 2.24) is 4.72 Å². The summed E-state index contributed by atoms with van der Waals surface area (Å²) in [6, 6.07) is 9.63. The summed E-state index contributed by atoms with van der Waals surface area (Å²) in [5, 5.41) is 5.65. The van der Waals surface area contributed by atoms with Crippen LogP contribution in [0, 0.1) is 0 Å². The van der Waals surface area contributed by atoms with E-state index in [1.165, 1.54) is 38.1 Å². The van der Waals surface area contributed by atoms with Crippen molar-refractivity contribution in [3.63, 3.8) is 0 Å². The number of rotatable bonds is 7. The highest BCUT2D eigenvalue weighted by Crippen LogP contribution is 2.27. The Labute approximate surface area is 175 Å². The van der Waals surface area contributed by atoms with Crippen molar-refractivity contribution in [2.24, 2.45) is 0 Å². The molecule has 0 radical (unpaired) electrons. The van der Waals surface area contributed by atoms with Crippen LogP contribution in [-0.4, -0.2) is 40.4 Å². The van der Waals surface area contributed by atoms with Gasteiger partial charge in [0.15, 0.2) is 0 Å². The van der Waals surface area contributed by atoms with E-state index in [0.29, 0.717) is 16.4 Å². The van der Waals surface area contributed by atoms with Crippen molar-refractivity contribution in [1.29, 1.82) is 0 Å². The molecule has 10 heteroatoms. The molecule has 0 spiro atoms. The van der Waals surface area contributed by atoms with Crippen LogP contribution in [0.2, 0.25) is 5.02 Å². The molecule has 2 aromatic carbocycles. The van der Waals surface area contributed by atoms with Gasteiger partial charge in [-0.2, -0.15) is 4.72 Å². The summed E-state index contributed by atoms with van der Waals surface area (Å²) in [6.45, 7) is 2.79. The molecule has 0 unspecified atom stereocenters. The van der Waals surface area contributed by atoms with E-state index in [9.17, 15) is 18.0 Å². The van der Waals surface area contributed by atoms with E-state index < -0.39 is 22.0 Å². The first-order valence-corrected chi connectivity index (χ1v) is 10.5. The minimum atomic E-state index is -3.92. The first-order valence-electron chi connectivity index (χ1n) is 8.67. The second-order valence-electron chi connectivity index (χ2n) is 6.60. The number of carbonyl (C=O) groups is 2. The van der Waals surface area contributed by atoms with E-state index >= 15 is 0 Å². The van der Waals surface area contributed by atoms with Crippen molar-refractivity contribution in [3.8, 4) is 0 Å². The van der Waals surface area contributed by atoms with Crippen LogP contribution in [0.4, 0.5) is 17.1 Å². The van der Waals surface area contributed by atoms with Gasteiger partial charge in [0.05, 0.1) is 21.6 Å². The van der Waals surface area contributed by atoms with Crippen LogP contribution in [0.1, 0.15) is 13.8 Å². The maximum Gasteiger partial charge on any atom is 0.242 e. The maximum absolute atomic E-state index is 12.5. The molecule has 0 aliphatic heterocycles. The van der Waals surface area contributed by atoms with Crippen molar-refractivity contribution >= 4 is 50.5 Å². The molecule has 2 rings (SSSR count). The average Bonchev–Trinajstić information content (AvgIpc) is 2.61. The molecule has 0 fully saturated rings. The van der Waals surface area contributed by atoms with Crippen molar-refractivity contribution < 1.29 is 18.0 Å². The van der Waals surface area contributed by atoms with Gasteiger partial charge in [-0.25, -0.2) is 8.42 Å². The Morgan fingerprint density at radius 1 is 1.00 bits per heavy atom. The molecule has 0 heterocycles. The number of nitrogens with zero attached hydrogens (tertiary/aromatic N) is 1. The van der Waals surface area contributed by atoms with Gasteiger partial charge in [0.1, 0.15) is 0 Å². The lowest BCUT2D eigenvalue weighted by Gasteiger charge is -2.17. The molecule has 2 aromatic rings. The molecule has 1 atom stereocenters. The first kappa shape index (κ1) is 22.7. The Bertz CT molecular complexity index is 1010. The van der Waals surface area contributed by atoms with E-state index in [1.54, 1.807) is 18.2 Å². The number of carbonyl (C=O) groups excluding carboxylic acids is 2. The molecule has 0 aliphatic rings. The number of amides is 2. The predicted octanol–water partition coefficient (Wildman–Crippen LogP) is 2.67. The van der Waals surface area contributed by atoms with Gasteiger partial charge in [0, 0.05) is 32.4 Å². The Morgan fingerprint density at radius 2 is 1.59 bits per heavy atom. The zero-order chi connectivity index (χ0) is 21.8. The monoisotopic (exact) mass is 438 g/mol. The van der Waals surface area contributed by atoms with Gasteiger partial charge in [-0.3, -0.25) is 9.59 Å². The van der Waals surface area contributed by atoms with Gasteiger partial charge in [-0.1, -0.05) is 11.6 Å². The molecule has 0 saturated carbocycles. The molecule has 3 N–H and O–H groups in total. The quantitative estimate of drug-likeness (QED) is 0.616. The first-order chi connectivity index (χ1) is 13.5. The third-order valence-electron chi connectivity index (χ3n) is 3.91. The average molecular weight is 439 g/mol. The standard InChI is InChI=1S/C19H23ClN4O4S/c1-12(19(26)22-15-7-10-18(24(3)4)17(20)11-15)23-29(27,28)16-8-5-14(6-9-16)21-13(2)25/h5-12,23H,1-4H3,(H,21,25)(H,22,26)/t12-/m0/s1. The second-order valence-corrected chi connectivity index (χ2v) is 8.72. The van der Waals surface area contributed by atoms with Crippen molar-refractivity contribution in [2.45, 2.75) is 24.8 Å². The van der Waals surface area contributed by atoms with E-state index in [2.05, 4.69) is 15.4 Å². The van der Waals surface area contributed by atoms with Crippen molar-refractivity contribution in [2.75, 3.05) is 29.6 Å². The molecule has 2 amide bonds. The smallest absolute Gasteiger partial charge is 0.242 e. The predicted molar refractivity (Wildman–Crippen MR) is 115 cm³/mol. The fourth-order valence-electron chi connectivity index (χ4n) is 2.47. The van der Waals surface area contributed by atoms with E-state index in [0.717, 1.165) is 5.69 Å². The summed E-state index contributed by atoms with van der Waals surface area (Å²) in [6.07, 6.45) is 0. The summed E-state index contributed by atoms with van der Waals surface area (Å²) in [4.78, 5) is 25.2. The highest BCUT2D eigenvalue weighted by molar-refractivity contribution is 7.89. The molecule has 29 heavy (non-hydrogen) atoms. The number of nitrogens with one attached hydrogen (secondary N) is 3. The van der Waals surface area contributed by atoms with Crippen LogP contribution in [-0.2, 0) is 19.6 Å². The highest BCUT2D eigenvalue weighted by atomic mass is 35.5. The van der Waals surface area contributed by atoms with Gasteiger partial charge in [0.2, 0.25) is 21.8 Å². The topological polar surface area (TPSA) is 108 Å². The van der Waals surface area contributed by atoms with Gasteiger partial charge in [0.25, 0.3) is 0 Å². The molecule has 0 saturated heterocycles. The van der Waals surface area contributed by atoms with Crippen LogP contribution in [0.25, 0.3) is 0 Å². The molecular weight excluding hydrogens is 416 g/mol. The van der Waals surface area contributed by atoms with Gasteiger partial charge in [-0.15, -0.1) is 0 Å². The molecule has 8 nitrogen and oxygen atoms in total. The van der Waals surface area contributed by atoms with Gasteiger partial charge in [-0.05, 0) is 49.4 Å². The summed E-state index contributed by atoms with van der Waals surface area (Å²) in [5.41, 5.74) is 1.72. The Morgan fingerprint density at radius 3 is 2.10 bits per heavy atom. The largest absolute Gasteiger partial charge is 0.376 e. The lowest BCUT2D eigenvalue weighted by molar-refractivity contribution is -0.117. The fourth-order valence-corrected chi connectivity index (χ4v) is 4.03. The number of halogens is 1. The van der Waals surface area contributed by atoms with Crippen LogP contribution in [0.3, 0.4) is 0 Å². The second kappa shape index (κ2) is 9.25. The SMILES string of the molecule is CC(=O)Nc1ccc(S(=O)(=O)N[C@@H](C)C(=O)Nc2ccc(N(C)C)c(Cl)c2)cc1. The number of hydrogen-bond acceptors (Lipinski definition) is 5. The van der Waals surface area contributed by atoms with Crippen LogP contribution in [0.15, 0.2) is 47.4 Å². The third-order valence-corrected chi connectivity index (χ3v) is 5.77.